The predicted octanol–water partition coefficient (Wildman–Crippen LogP) is 3.94. The number of hydrogen-bond acceptors (Lipinski definition) is 6. The van der Waals surface area contributed by atoms with Crippen molar-refractivity contribution >= 4 is 27.6 Å². The SMILES string of the molecule is NS(=O)(=O)c1ccc(NC(=O)COC(=O)c2cccc(Oc3cccc(C(F)(F)F)c3)c2)cc1. The van der Waals surface area contributed by atoms with Gasteiger partial charge in [-0.05, 0) is 60.7 Å². The van der Waals surface area contributed by atoms with Crippen LogP contribution in [0.25, 0.3) is 0 Å². The van der Waals surface area contributed by atoms with Gasteiger partial charge in [0.2, 0.25) is 10.0 Å². The number of alkyl halides is 3. The zero-order chi connectivity index (χ0) is 24.9. The molecule has 0 aliphatic heterocycles. The number of benzene rings is 3. The summed E-state index contributed by atoms with van der Waals surface area (Å²) in [5.41, 5.74) is -0.620. The number of nitrogens with two attached hydrogens (primary N) is 1. The van der Waals surface area contributed by atoms with Crippen molar-refractivity contribution in [2.45, 2.75) is 11.1 Å². The molecular formula is C22H17F3N2O6S. The first-order chi connectivity index (χ1) is 15.9. The quantitative estimate of drug-likeness (QED) is 0.480. The van der Waals surface area contributed by atoms with Gasteiger partial charge in [0, 0.05) is 5.69 Å². The molecule has 0 saturated heterocycles. The van der Waals surface area contributed by atoms with Gasteiger partial charge in [0.25, 0.3) is 5.91 Å². The lowest BCUT2D eigenvalue weighted by Gasteiger charge is -2.11. The second kappa shape index (κ2) is 9.93. The van der Waals surface area contributed by atoms with Gasteiger partial charge in [-0.15, -0.1) is 0 Å². The lowest BCUT2D eigenvalue weighted by Crippen LogP contribution is -2.21. The highest BCUT2D eigenvalue weighted by atomic mass is 32.2. The average Bonchev–Trinajstić information content (AvgIpc) is 2.77. The fourth-order valence-corrected chi connectivity index (χ4v) is 3.21. The summed E-state index contributed by atoms with van der Waals surface area (Å²) in [6, 6.07) is 14.8. The molecule has 0 radical (unpaired) electrons. The van der Waals surface area contributed by atoms with E-state index in [0.29, 0.717) is 0 Å². The van der Waals surface area contributed by atoms with Crippen LogP contribution in [0.4, 0.5) is 18.9 Å². The number of halogens is 3. The van der Waals surface area contributed by atoms with Gasteiger partial charge in [0.05, 0.1) is 16.0 Å². The second-order valence-corrected chi connectivity index (χ2v) is 8.41. The number of hydrogen-bond donors (Lipinski definition) is 2. The summed E-state index contributed by atoms with van der Waals surface area (Å²) in [4.78, 5) is 24.1. The Bertz CT molecular complexity index is 1310. The average molecular weight is 494 g/mol. The molecule has 3 aromatic carbocycles. The Morgan fingerprint density at radius 2 is 1.53 bits per heavy atom. The van der Waals surface area contributed by atoms with Gasteiger partial charge in [0.15, 0.2) is 6.61 Å². The van der Waals surface area contributed by atoms with Crippen molar-refractivity contribution < 1.29 is 40.7 Å². The number of rotatable bonds is 7. The molecule has 34 heavy (non-hydrogen) atoms. The minimum absolute atomic E-state index is 0.00906. The first-order valence-corrected chi connectivity index (χ1v) is 11.0. The number of sulfonamides is 1. The molecule has 0 aromatic heterocycles. The maximum atomic E-state index is 12.9. The van der Waals surface area contributed by atoms with E-state index < -0.39 is 40.2 Å². The third kappa shape index (κ3) is 6.80. The molecule has 0 aliphatic rings. The molecule has 0 saturated carbocycles. The van der Waals surface area contributed by atoms with Gasteiger partial charge in [-0.25, -0.2) is 18.4 Å². The fraction of sp³-hybridized carbons (Fsp3) is 0.0909. The molecular weight excluding hydrogens is 477 g/mol. The van der Waals surface area contributed by atoms with Crippen molar-refractivity contribution in [1.82, 2.24) is 0 Å². The number of esters is 1. The molecule has 0 spiro atoms. The standard InChI is InChI=1S/C22H17F3N2O6S/c23-22(24,25)15-4-2-6-18(12-15)33-17-5-1-3-14(11-17)21(29)32-13-20(28)27-16-7-9-19(10-8-16)34(26,30)31/h1-12H,13H2,(H,27,28)(H2,26,30,31). The van der Waals surface area contributed by atoms with Crippen LogP contribution in [0.5, 0.6) is 11.5 Å². The van der Waals surface area contributed by atoms with Crippen molar-refractivity contribution in [2.24, 2.45) is 5.14 Å². The van der Waals surface area contributed by atoms with Crippen LogP contribution in [0.1, 0.15) is 15.9 Å². The van der Waals surface area contributed by atoms with Gasteiger partial charge >= 0.3 is 12.1 Å². The third-order valence-corrected chi connectivity index (χ3v) is 5.20. The molecule has 0 fully saturated rings. The van der Waals surface area contributed by atoms with E-state index in [1.165, 1.54) is 60.7 Å². The van der Waals surface area contributed by atoms with Gasteiger partial charge in [-0.3, -0.25) is 4.79 Å². The molecule has 0 heterocycles. The van der Waals surface area contributed by atoms with Crippen LogP contribution >= 0.6 is 0 Å². The van der Waals surface area contributed by atoms with E-state index in [4.69, 9.17) is 14.6 Å². The number of ether oxygens (including phenoxy) is 2. The highest BCUT2D eigenvalue weighted by Gasteiger charge is 2.30. The third-order valence-electron chi connectivity index (χ3n) is 4.27. The first kappa shape index (κ1) is 24.7. The zero-order valence-corrected chi connectivity index (χ0v) is 18.0. The number of anilines is 1. The number of amides is 1. The Morgan fingerprint density at radius 1 is 0.912 bits per heavy atom. The summed E-state index contributed by atoms with van der Waals surface area (Å²) in [7, 11) is -3.87. The summed E-state index contributed by atoms with van der Waals surface area (Å²) >= 11 is 0. The summed E-state index contributed by atoms with van der Waals surface area (Å²) in [5, 5.41) is 7.42. The minimum atomic E-state index is -4.53. The summed E-state index contributed by atoms with van der Waals surface area (Å²) in [5.74, 6) is -1.54. The Kier molecular flexibility index (Phi) is 7.23. The normalized spacial score (nSPS) is 11.5. The van der Waals surface area contributed by atoms with Crippen molar-refractivity contribution in [3.63, 3.8) is 0 Å². The van der Waals surface area contributed by atoms with E-state index in [-0.39, 0.29) is 27.6 Å². The number of primary sulfonamides is 1. The largest absolute Gasteiger partial charge is 0.457 e. The Morgan fingerprint density at radius 3 is 2.15 bits per heavy atom. The molecule has 3 N–H and O–H groups in total. The van der Waals surface area contributed by atoms with E-state index in [2.05, 4.69) is 5.32 Å². The topological polar surface area (TPSA) is 125 Å². The van der Waals surface area contributed by atoms with E-state index in [9.17, 15) is 31.2 Å². The second-order valence-electron chi connectivity index (χ2n) is 6.85. The van der Waals surface area contributed by atoms with Crippen LogP contribution < -0.4 is 15.2 Å². The molecule has 1 amide bonds. The van der Waals surface area contributed by atoms with Crippen molar-refractivity contribution in [3.8, 4) is 11.5 Å². The number of carbonyl (C=O) groups excluding carboxylic acids is 2. The van der Waals surface area contributed by atoms with Crippen molar-refractivity contribution in [1.29, 1.82) is 0 Å². The molecule has 3 aromatic rings. The predicted molar refractivity (Wildman–Crippen MR) is 115 cm³/mol. The first-order valence-electron chi connectivity index (χ1n) is 9.47. The Labute approximate surface area is 192 Å². The molecule has 0 aliphatic carbocycles. The maximum Gasteiger partial charge on any atom is 0.416 e. The van der Waals surface area contributed by atoms with Crippen LogP contribution in [0.15, 0.2) is 77.7 Å². The molecule has 0 unspecified atom stereocenters. The zero-order valence-electron chi connectivity index (χ0n) is 17.2. The van der Waals surface area contributed by atoms with E-state index >= 15 is 0 Å². The Balaban J connectivity index is 1.58. The van der Waals surface area contributed by atoms with E-state index in [0.717, 1.165) is 12.1 Å². The van der Waals surface area contributed by atoms with E-state index in [1.807, 2.05) is 0 Å². The van der Waals surface area contributed by atoms with Crippen LogP contribution in [-0.4, -0.2) is 26.9 Å². The molecule has 3 rings (SSSR count). The molecule has 178 valence electrons. The van der Waals surface area contributed by atoms with Crippen LogP contribution in [-0.2, 0) is 25.7 Å². The minimum Gasteiger partial charge on any atom is -0.457 e. The maximum absolute atomic E-state index is 12.9. The number of carbonyl (C=O) groups is 2. The van der Waals surface area contributed by atoms with Gasteiger partial charge in [0.1, 0.15) is 11.5 Å². The van der Waals surface area contributed by atoms with E-state index in [1.54, 1.807) is 0 Å². The van der Waals surface area contributed by atoms with Crippen LogP contribution in [0, 0.1) is 0 Å². The van der Waals surface area contributed by atoms with Crippen molar-refractivity contribution in [2.75, 3.05) is 11.9 Å². The van der Waals surface area contributed by atoms with Gasteiger partial charge in [-0.2, -0.15) is 13.2 Å². The Hall–Kier alpha value is -3.90. The lowest BCUT2D eigenvalue weighted by molar-refractivity contribution is -0.137. The smallest absolute Gasteiger partial charge is 0.416 e. The van der Waals surface area contributed by atoms with Gasteiger partial charge in [-0.1, -0.05) is 12.1 Å². The summed E-state index contributed by atoms with van der Waals surface area (Å²) in [6.45, 7) is -0.644. The summed E-state index contributed by atoms with van der Waals surface area (Å²) < 4.78 is 71.4. The highest BCUT2D eigenvalue weighted by molar-refractivity contribution is 7.89. The van der Waals surface area contributed by atoms with Crippen LogP contribution in [0.2, 0.25) is 0 Å². The monoisotopic (exact) mass is 494 g/mol. The molecule has 0 atom stereocenters. The fourth-order valence-electron chi connectivity index (χ4n) is 2.70. The number of nitrogens with one attached hydrogen (secondary N) is 1. The molecule has 0 bridgehead atoms. The highest BCUT2D eigenvalue weighted by Crippen LogP contribution is 2.32. The van der Waals surface area contributed by atoms with Crippen LogP contribution in [0.3, 0.4) is 0 Å². The van der Waals surface area contributed by atoms with Crippen molar-refractivity contribution in [3.05, 3.63) is 83.9 Å². The molecule has 8 nitrogen and oxygen atoms in total. The summed E-state index contributed by atoms with van der Waals surface area (Å²) in [6.07, 6.45) is -4.53. The molecule has 12 heteroatoms. The lowest BCUT2D eigenvalue weighted by atomic mass is 10.2. The van der Waals surface area contributed by atoms with Gasteiger partial charge < -0.3 is 14.8 Å².